The molecular formula is C47H29N3. The molecule has 0 N–H and O–H groups in total. The SMILES string of the molecule is c1ccc(-c2cc(-c3ccc(-c4ccc(-c5cc6cccnc6c6ncccc56)c5ccccc45)cc3)nc3ccc4ccccc4c23)cc1. The molecule has 50 heavy (non-hydrogen) atoms. The molecule has 3 heterocycles. The third-order valence-corrected chi connectivity index (χ3v) is 9.95. The second kappa shape index (κ2) is 11.5. The van der Waals surface area contributed by atoms with Gasteiger partial charge in [-0.2, -0.15) is 0 Å². The third-order valence-electron chi connectivity index (χ3n) is 9.95. The fourth-order valence-corrected chi connectivity index (χ4v) is 7.61. The first-order valence-corrected chi connectivity index (χ1v) is 16.9. The van der Waals surface area contributed by atoms with E-state index in [-0.39, 0.29) is 0 Å². The van der Waals surface area contributed by atoms with E-state index >= 15 is 0 Å². The molecule has 3 heteroatoms. The number of aromatic nitrogens is 3. The Hall–Kier alpha value is -6.71. The van der Waals surface area contributed by atoms with Crippen LogP contribution in [-0.4, -0.2) is 15.0 Å². The van der Waals surface area contributed by atoms with Gasteiger partial charge in [0.15, 0.2) is 0 Å². The van der Waals surface area contributed by atoms with Crippen molar-refractivity contribution in [1.29, 1.82) is 0 Å². The topological polar surface area (TPSA) is 38.7 Å². The van der Waals surface area contributed by atoms with Crippen LogP contribution in [0.25, 0.3) is 98.9 Å². The molecule has 0 spiro atoms. The number of nitrogens with zero attached hydrogens (tertiary/aromatic N) is 3. The second-order valence-electron chi connectivity index (χ2n) is 12.8. The summed E-state index contributed by atoms with van der Waals surface area (Å²) in [5.41, 5.74) is 12.0. The largest absolute Gasteiger partial charge is 0.254 e. The van der Waals surface area contributed by atoms with Gasteiger partial charge < -0.3 is 0 Å². The summed E-state index contributed by atoms with van der Waals surface area (Å²) >= 11 is 0. The predicted molar refractivity (Wildman–Crippen MR) is 209 cm³/mol. The molecule has 0 saturated heterocycles. The van der Waals surface area contributed by atoms with Crippen LogP contribution in [0.3, 0.4) is 0 Å². The highest BCUT2D eigenvalue weighted by molar-refractivity contribution is 6.16. The maximum absolute atomic E-state index is 5.22. The average molecular weight is 636 g/mol. The Morgan fingerprint density at radius 2 is 0.960 bits per heavy atom. The quantitative estimate of drug-likeness (QED) is 0.181. The van der Waals surface area contributed by atoms with Gasteiger partial charge in [-0.3, -0.25) is 9.97 Å². The molecule has 0 saturated carbocycles. The highest BCUT2D eigenvalue weighted by atomic mass is 14.7. The molecule has 3 nitrogen and oxygen atoms in total. The van der Waals surface area contributed by atoms with E-state index in [9.17, 15) is 0 Å². The molecule has 0 amide bonds. The zero-order valence-electron chi connectivity index (χ0n) is 27.1. The van der Waals surface area contributed by atoms with Crippen LogP contribution in [0.5, 0.6) is 0 Å². The summed E-state index contributed by atoms with van der Waals surface area (Å²) in [4.78, 5) is 14.6. The normalized spacial score (nSPS) is 11.6. The number of pyridine rings is 3. The minimum Gasteiger partial charge on any atom is -0.254 e. The van der Waals surface area contributed by atoms with Crippen LogP contribution in [0.2, 0.25) is 0 Å². The lowest BCUT2D eigenvalue weighted by atomic mass is 9.89. The van der Waals surface area contributed by atoms with E-state index in [1.165, 1.54) is 54.7 Å². The van der Waals surface area contributed by atoms with Crippen molar-refractivity contribution in [3.8, 4) is 44.6 Å². The average Bonchev–Trinajstić information content (AvgIpc) is 3.20. The molecular weight excluding hydrogens is 607 g/mol. The van der Waals surface area contributed by atoms with Crippen LogP contribution < -0.4 is 0 Å². The van der Waals surface area contributed by atoms with Crippen LogP contribution in [0, 0.1) is 0 Å². The summed E-state index contributed by atoms with van der Waals surface area (Å²) in [6.45, 7) is 0. The lowest BCUT2D eigenvalue weighted by Gasteiger charge is -2.15. The fraction of sp³-hybridized carbons (Fsp3) is 0. The van der Waals surface area contributed by atoms with E-state index in [1.807, 2.05) is 24.5 Å². The Balaban J connectivity index is 1.10. The van der Waals surface area contributed by atoms with E-state index in [4.69, 9.17) is 9.97 Å². The van der Waals surface area contributed by atoms with Gasteiger partial charge in [-0.15, -0.1) is 0 Å². The summed E-state index contributed by atoms with van der Waals surface area (Å²) in [5, 5.41) is 8.24. The van der Waals surface area contributed by atoms with Gasteiger partial charge in [-0.25, -0.2) is 4.98 Å². The molecule has 0 atom stereocenters. The van der Waals surface area contributed by atoms with Crippen molar-refractivity contribution >= 4 is 54.3 Å². The summed E-state index contributed by atoms with van der Waals surface area (Å²) in [6.07, 6.45) is 3.69. The van der Waals surface area contributed by atoms with E-state index in [0.717, 1.165) is 44.1 Å². The van der Waals surface area contributed by atoms with Gasteiger partial charge in [0.1, 0.15) is 0 Å². The monoisotopic (exact) mass is 635 g/mol. The molecule has 0 bridgehead atoms. The zero-order valence-corrected chi connectivity index (χ0v) is 27.1. The van der Waals surface area contributed by atoms with Crippen molar-refractivity contribution in [2.75, 3.05) is 0 Å². The van der Waals surface area contributed by atoms with E-state index < -0.39 is 0 Å². The Bertz CT molecular complexity index is 2910. The molecule has 0 aliphatic heterocycles. The van der Waals surface area contributed by atoms with Crippen LogP contribution >= 0.6 is 0 Å². The molecule has 0 radical (unpaired) electrons. The Morgan fingerprint density at radius 1 is 0.340 bits per heavy atom. The van der Waals surface area contributed by atoms with Gasteiger partial charge in [0.2, 0.25) is 0 Å². The van der Waals surface area contributed by atoms with Crippen molar-refractivity contribution in [3.63, 3.8) is 0 Å². The minimum atomic E-state index is 0.926. The lowest BCUT2D eigenvalue weighted by Crippen LogP contribution is -1.92. The van der Waals surface area contributed by atoms with E-state index in [0.29, 0.717) is 0 Å². The molecule has 0 aliphatic carbocycles. The lowest BCUT2D eigenvalue weighted by molar-refractivity contribution is 1.37. The molecule has 7 aromatic carbocycles. The summed E-state index contributed by atoms with van der Waals surface area (Å²) < 4.78 is 0. The van der Waals surface area contributed by atoms with E-state index in [2.05, 4.69) is 157 Å². The first-order chi connectivity index (χ1) is 24.8. The molecule has 0 unspecified atom stereocenters. The van der Waals surface area contributed by atoms with Gasteiger partial charge >= 0.3 is 0 Å². The van der Waals surface area contributed by atoms with Crippen molar-refractivity contribution < 1.29 is 0 Å². The van der Waals surface area contributed by atoms with Crippen molar-refractivity contribution in [3.05, 3.63) is 176 Å². The van der Waals surface area contributed by atoms with Gasteiger partial charge in [0.05, 0.1) is 22.2 Å². The van der Waals surface area contributed by atoms with E-state index in [1.54, 1.807) is 0 Å². The summed E-state index contributed by atoms with van der Waals surface area (Å²) in [6, 6.07) is 58.4. The number of hydrogen-bond acceptors (Lipinski definition) is 3. The molecule has 3 aromatic heterocycles. The van der Waals surface area contributed by atoms with Crippen LogP contribution in [-0.2, 0) is 0 Å². The smallest absolute Gasteiger partial charge is 0.0970 e. The Morgan fingerprint density at radius 3 is 1.80 bits per heavy atom. The van der Waals surface area contributed by atoms with Crippen molar-refractivity contribution in [2.45, 2.75) is 0 Å². The third kappa shape index (κ3) is 4.56. The Kier molecular flexibility index (Phi) is 6.49. The number of fused-ring (bicyclic) bond motifs is 7. The molecule has 0 fully saturated rings. The van der Waals surface area contributed by atoms with Crippen LogP contribution in [0.1, 0.15) is 0 Å². The van der Waals surface area contributed by atoms with Gasteiger partial charge in [-0.1, -0.05) is 133 Å². The molecule has 10 rings (SSSR count). The minimum absolute atomic E-state index is 0.926. The first-order valence-electron chi connectivity index (χ1n) is 16.9. The van der Waals surface area contributed by atoms with Crippen molar-refractivity contribution in [2.24, 2.45) is 0 Å². The first kappa shape index (κ1) is 28.3. The maximum Gasteiger partial charge on any atom is 0.0970 e. The van der Waals surface area contributed by atoms with Crippen LogP contribution in [0.15, 0.2) is 176 Å². The second-order valence-corrected chi connectivity index (χ2v) is 12.8. The number of rotatable bonds is 4. The molecule has 0 aliphatic rings. The van der Waals surface area contributed by atoms with Gasteiger partial charge in [-0.05, 0) is 85.3 Å². The standard InChI is InChI=1S/C47H29N3/c1-2-10-30(11-3-1)41-29-44(50-43-25-22-31-12-4-5-14-36(31)45(41)43)33-20-18-32(19-21-33)35-23-24-39(38-16-7-6-15-37(35)38)42-28-34-13-8-26-48-46(34)47-40(42)17-9-27-49-47/h1-29H. The maximum atomic E-state index is 5.22. The highest BCUT2D eigenvalue weighted by Crippen LogP contribution is 2.41. The van der Waals surface area contributed by atoms with Crippen molar-refractivity contribution in [1.82, 2.24) is 15.0 Å². The van der Waals surface area contributed by atoms with Crippen LogP contribution in [0.4, 0.5) is 0 Å². The Labute approximate surface area is 289 Å². The molecule has 10 aromatic rings. The molecule has 232 valence electrons. The van der Waals surface area contributed by atoms with Gasteiger partial charge in [0.25, 0.3) is 0 Å². The summed E-state index contributed by atoms with van der Waals surface area (Å²) in [5.74, 6) is 0. The summed E-state index contributed by atoms with van der Waals surface area (Å²) in [7, 11) is 0. The number of benzene rings is 7. The predicted octanol–water partition coefficient (Wildman–Crippen LogP) is 12.3. The van der Waals surface area contributed by atoms with Gasteiger partial charge in [0, 0.05) is 34.1 Å². The fourth-order valence-electron chi connectivity index (χ4n) is 7.61. The number of hydrogen-bond donors (Lipinski definition) is 0. The highest BCUT2D eigenvalue weighted by Gasteiger charge is 2.16. The zero-order chi connectivity index (χ0) is 33.0.